The van der Waals surface area contributed by atoms with Gasteiger partial charge in [-0.2, -0.15) is 0 Å². The molecule has 5 aromatic rings. The Kier molecular flexibility index (Phi) is 25.0. The Bertz CT molecular complexity index is 2070. The summed E-state index contributed by atoms with van der Waals surface area (Å²) in [7, 11) is -3.26. The van der Waals surface area contributed by atoms with Crippen molar-refractivity contribution in [3.05, 3.63) is 94.5 Å². The van der Waals surface area contributed by atoms with E-state index in [1.54, 1.807) is 12.1 Å². The minimum absolute atomic E-state index is 0.0135. The Morgan fingerprint density at radius 2 is 1.02 bits per heavy atom. The van der Waals surface area contributed by atoms with E-state index >= 15 is 0 Å². The molecule has 0 aromatic heterocycles. The number of benzene rings is 5. The maximum atomic E-state index is 14.4. The van der Waals surface area contributed by atoms with Gasteiger partial charge in [-0.05, 0) is 82.1 Å². The number of hydrogen-bond acceptors (Lipinski definition) is 6. The van der Waals surface area contributed by atoms with Crippen LogP contribution in [0.5, 0.6) is 0 Å². The van der Waals surface area contributed by atoms with Crippen LogP contribution < -0.4 is 5.30 Å². The van der Waals surface area contributed by atoms with Crippen molar-refractivity contribution in [3.8, 4) is 0 Å². The lowest BCUT2D eigenvalue weighted by Crippen LogP contribution is -2.27. The maximum Gasteiger partial charge on any atom is 0.269 e. The summed E-state index contributed by atoms with van der Waals surface area (Å²) in [4.78, 5) is 10.9. The molecule has 2 atom stereocenters. The lowest BCUT2D eigenvalue weighted by molar-refractivity contribution is -0.384. The second-order valence-corrected chi connectivity index (χ2v) is 21.4. The fourth-order valence-electron chi connectivity index (χ4n) is 9.52. The first kappa shape index (κ1) is 52.6. The molecule has 0 radical (unpaired) electrons. The molecule has 0 fully saturated rings. The normalized spacial score (nSPS) is 13.3. The summed E-state index contributed by atoms with van der Waals surface area (Å²) < 4.78 is 33.3. The number of hydrogen-bond donors (Lipinski definition) is 0. The quantitative estimate of drug-likeness (QED) is 0.0128. The zero-order chi connectivity index (χ0) is 45.8. The van der Waals surface area contributed by atoms with Crippen molar-refractivity contribution in [2.24, 2.45) is 0 Å². The van der Waals surface area contributed by atoms with E-state index in [2.05, 4.69) is 68.4 Å². The largest absolute Gasteiger partial charge is 0.379 e. The highest BCUT2D eigenvalue weighted by Crippen LogP contribution is 2.47. The van der Waals surface area contributed by atoms with Crippen molar-refractivity contribution in [3.63, 3.8) is 0 Å². The predicted octanol–water partition coefficient (Wildman–Crippen LogP) is 17.2. The van der Waals surface area contributed by atoms with Crippen LogP contribution in [-0.4, -0.2) is 43.6 Å². The second kappa shape index (κ2) is 30.8. The Balaban J connectivity index is 0.994. The molecule has 5 rings (SSSR count). The molecule has 5 aromatic carbocycles. The Morgan fingerprint density at radius 1 is 0.523 bits per heavy atom. The number of aryl methyl sites for hydroxylation is 1. The highest BCUT2D eigenvalue weighted by atomic mass is 31.2. The van der Waals surface area contributed by atoms with E-state index in [-0.39, 0.29) is 18.4 Å². The number of rotatable bonds is 39. The smallest absolute Gasteiger partial charge is 0.269 e. The van der Waals surface area contributed by atoms with Gasteiger partial charge < -0.3 is 14.0 Å². The summed E-state index contributed by atoms with van der Waals surface area (Å²) in [6.07, 6.45) is 33.2. The lowest BCUT2D eigenvalue weighted by atomic mass is 9.90. The third kappa shape index (κ3) is 18.3. The van der Waals surface area contributed by atoms with Gasteiger partial charge in [0.05, 0.1) is 18.1 Å². The summed E-state index contributed by atoms with van der Waals surface area (Å²) in [5.74, 6) is 0. The van der Waals surface area contributed by atoms with Gasteiger partial charge in [-0.3, -0.25) is 14.7 Å². The predicted molar refractivity (Wildman–Crippen MR) is 277 cm³/mol. The topological polar surface area (TPSA) is 87.9 Å². The van der Waals surface area contributed by atoms with Crippen LogP contribution in [0.15, 0.2) is 78.9 Å². The average Bonchev–Trinajstić information content (AvgIpc) is 3.33. The van der Waals surface area contributed by atoms with Gasteiger partial charge in [-0.1, -0.05) is 210 Å². The number of unbranched alkanes of at least 4 members (excludes halogenated alkanes) is 23. The number of ether oxygens (including phenoxy) is 2. The Labute approximate surface area is 393 Å². The molecule has 0 saturated heterocycles. The first-order chi connectivity index (χ1) is 31.9. The van der Waals surface area contributed by atoms with Crippen molar-refractivity contribution in [1.82, 2.24) is 0 Å². The standard InChI is InChI=1S/C57H84NO6P/c1-3-5-7-9-10-11-12-13-14-15-17-20-23-26-43-62-46-53(47-64-65(61,45-28-8-6-4-2)54-40-38-52(39-41-54)58(59)60)63-44-27-24-21-18-16-19-22-25-30-48-33-34-51-36-35-49-31-29-32-50-37-42-55(48)57(51)56(49)50/h29,31-42,53H,3-28,30,43-47H2,1-2H3/t53-,65?/m1/s1. The zero-order valence-electron chi connectivity index (χ0n) is 40.6. The average molecular weight is 910 g/mol. The summed E-state index contributed by atoms with van der Waals surface area (Å²) in [6, 6.07) is 26.5. The summed E-state index contributed by atoms with van der Waals surface area (Å²) in [5.41, 5.74) is 1.46. The van der Waals surface area contributed by atoms with Crippen LogP contribution in [0.4, 0.5) is 5.69 Å². The second-order valence-electron chi connectivity index (χ2n) is 18.9. The molecule has 1 unspecified atom stereocenters. The van der Waals surface area contributed by atoms with E-state index in [1.165, 1.54) is 172 Å². The van der Waals surface area contributed by atoms with Crippen molar-refractivity contribution in [2.45, 2.75) is 193 Å². The van der Waals surface area contributed by atoms with Crippen LogP contribution in [0.2, 0.25) is 0 Å². The van der Waals surface area contributed by atoms with Crippen LogP contribution in [0, 0.1) is 10.1 Å². The van der Waals surface area contributed by atoms with Crippen molar-refractivity contribution in [1.29, 1.82) is 0 Å². The third-order valence-electron chi connectivity index (χ3n) is 13.5. The molecule has 0 N–H and O–H groups in total. The Hall–Kier alpha value is -3.35. The van der Waals surface area contributed by atoms with Crippen LogP contribution in [0.1, 0.15) is 186 Å². The van der Waals surface area contributed by atoms with Gasteiger partial charge in [0.25, 0.3) is 5.69 Å². The fraction of sp³-hybridized carbons (Fsp3) is 0.614. The van der Waals surface area contributed by atoms with E-state index in [0.29, 0.717) is 31.3 Å². The summed E-state index contributed by atoms with van der Waals surface area (Å²) >= 11 is 0. The minimum Gasteiger partial charge on any atom is -0.379 e. The fourth-order valence-corrected chi connectivity index (χ4v) is 11.7. The van der Waals surface area contributed by atoms with E-state index in [4.69, 9.17) is 14.0 Å². The van der Waals surface area contributed by atoms with E-state index in [9.17, 15) is 14.7 Å². The first-order valence-electron chi connectivity index (χ1n) is 26.3. The van der Waals surface area contributed by atoms with Gasteiger partial charge in [0.15, 0.2) is 0 Å². The molecule has 7 nitrogen and oxygen atoms in total. The lowest BCUT2D eigenvalue weighted by Gasteiger charge is -2.24. The van der Waals surface area contributed by atoms with E-state index in [1.807, 2.05) is 0 Å². The van der Waals surface area contributed by atoms with Crippen molar-refractivity contribution >= 4 is 50.7 Å². The van der Waals surface area contributed by atoms with Gasteiger partial charge >= 0.3 is 0 Å². The number of nitrogens with zero attached hydrogens (tertiary/aromatic N) is 1. The molecule has 0 aliphatic heterocycles. The molecule has 0 bridgehead atoms. The molecular weight excluding hydrogens is 826 g/mol. The molecule has 0 aliphatic carbocycles. The zero-order valence-corrected chi connectivity index (χ0v) is 41.4. The molecule has 0 heterocycles. The van der Waals surface area contributed by atoms with Gasteiger partial charge in [0, 0.05) is 36.8 Å². The van der Waals surface area contributed by atoms with Gasteiger partial charge in [0.2, 0.25) is 7.37 Å². The molecule has 358 valence electrons. The summed E-state index contributed by atoms with van der Waals surface area (Å²) in [5, 5.41) is 20.1. The molecule has 65 heavy (non-hydrogen) atoms. The molecule has 8 heteroatoms. The molecular formula is C57H84NO6P. The van der Waals surface area contributed by atoms with Gasteiger partial charge in [0.1, 0.15) is 6.10 Å². The van der Waals surface area contributed by atoms with Gasteiger partial charge in [-0.15, -0.1) is 0 Å². The van der Waals surface area contributed by atoms with Crippen LogP contribution in [0.25, 0.3) is 32.3 Å². The minimum atomic E-state index is -3.26. The molecule has 0 saturated carbocycles. The monoisotopic (exact) mass is 910 g/mol. The number of nitro groups is 1. The maximum absolute atomic E-state index is 14.4. The highest BCUT2D eigenvalue weighted by Gasteiger charge is 2.28. The number of non-ortho nitro benzene ring substituents is 1. The van der Waals surface area contributed by atoms with Crippen LogP contribution >= 0.6 is 7.37 Å². The van der Waals surface area contributed by atoms with Gasteiger partial charge in [-0.25, -0.2) is 0 Å². The molecule has 0 spiro atoms. The van der Waals surface area contributed by atoms with E-state index in [0.717, 1.165) is 51.4 Å². The Morgan fingerprint density at radius 3 is 1.60 bits per heavy atom. The summed E-state index contributed by atoms with van der Waals surface area (Å²) in [6.45, 7) is 6.33. The highest BCUT2D eigenvalue weighted by molar-refractivity contribution is 7.67. The van der Waals surface area contributed by atoms with Crippen LogP contribution in [0.3, 0.4) is 0 Å². The van der Waals surface area contributed by atoms with Crippen molar-refractivity contribution in [2.75, 3.05) is 32.6 Å². The third-order valence-corrected chi connectivity index (χ3v) is 16.0. The van der Waals surface area contributed by atoms with Crippen LogP contribution in [-0.2, 0) is 25.0 Å². The SMILES string of the molecule is CCCCCCCCCCCCCCCCOC[C@H](COP(=O)(CCCCCC)c1ccc([N+](=O)[O-])cc1)OCCCCCCCCCCc1ccc2ccc3cccc4ccc1c2c34. The van der Waals surface area contributed by atoms with Crippen molar-refractivity contribution < 1.29 is 23.5 Å². The first-order valence-corrected chi connectivity index (χ1v) is 28.1. The number of nitro benzene ring substituents is 1. The molecule has 0 aliphatic rings. The molecule has 0 amide bonds. The van der Waals surface area contributed by atoms with E-state index < -0.39 is 12.3 Å².